The lowest BCUT2D eigenvalue weighted by molar-refractivity contribution is -0.138. The molecule has 4 amide bonds. The zero-order chi connectivity index (χ0) is 22.7. The molecule has 4 rings (SSSR count). The average molecular weight is 435 g/mol. The third-order valence-corrected chi connectivity index (χ3v) is 5.76. The molecule has 0 saturated carbocycles. The molecule has 9 nitrogen and oxygen atoms in total. The molecule has 0 aliphatic carbocycles. The van der Waals surface area contributed by atoms with E-state index in [1.54, 1.807) is 48.8 Å². The minimum absolute atomic E-state index is 0.0924. The Hall–Kier alpha value is -3.59. The normalized spacial score (nSPS) is 20.7. The van der Waals surface area contributed by atoms with Gasteiger partial charge in [-0.2, -0.15) is 0 Å². The second-order valence-electron chi connectivity index (χ2n) is 8.02. The molecular formula is C23H25N5O4. The maximum Gasteiger partial charge on any atom is 0.327 e. The van der Waals surface area contributed by atoms with E-state index in [1.165, 1.54) is 16.7 Å². The van der Waals surface area contributed by atoms with Crippen molar-refractivity contribution in [1.29, 1.82) is 0 Å². The van der Waals surface area contributed by atoms with Crippen LogP contribution in [0.1, 0.15) is 35.7 Å². The summed E-state index contributed by atoms with van der Waals surface area (Å²) in [6.45, 7) is 2.04. The van der Waals surface area contributed by atoms with Crippen molar-refractivity contribution >= 4 is 29.3 Å². The number of carbonyl (C=O) groups is 4. The summed E-state index contributed by atoms with van der Waals surface area (Å²) in [6.07, 6.45) is 4.69. The van der Waals surface area contributed by atoms with Crippen molar-refractivity contribution in [3.63, 3.8) is 0 Å². The quantitative estimate of drug-likeness (QED) is 0.670. The number of imide groups is 1. The number of hydrogen-bond donors (Lipinski definition) is 2. The molecule has 2 unspecified atom stereocenters. The fraction of sp³-hybridized carbons (Fsp3) is 0.348. The molecular weight excluding hydrogens is 410 g/mol. The molecule has 0 spiro atoms. The van der Waals surface area contributed by atoms with Crippen molar-refractivity contribution in [2.75, 3.05) is 18.4 Å². The maximum absolute atomic E-state index is 13.3. The highest BCUT2D eigenvalue weighted by atomic mass is 16.2. The van der Waals surface area contributed by atoms with Crippen molar-refractivity contribution in [2.24, 2.45) is 0 Å². The number of anilines is 1. The Morgan fingerprint density at radius 3 is 2.81 bits per heavy atom. The number of ketones is 1. The van der Waals surface area contributed by atoms with Crippen LogP contribution in [-0.2, 0) is 16.1 Å². The Labute approximate surface area is 185 Å². The van der Waals surface area contributed by atoms with Gasteiger partial charge in [0.2, 0.25) is 11.8 Å². The monoisotopic (exact) mass is 435 g/mol. The number of benzene rings is 1. The summed E-state index contributed by atoms with van der Waals surface area (Å²) in [5.41, 5.74) is 1.70. The lowest BCUT2D eigenvalue weighted by atomic mass is 9.93. The van der Waals surface area contributed by atoms with Crippen LogP contribution in [-0.4, -0.2) is 63.6 Å². The van der Waals surface area contributed by atoms with Crippen molar-refractivity contribution < 1.29 is 19.2 Å². The summed E-state index contributed by atoms with van der Waals surface area (Å²) in [5.74, 6) is -0.776. The second kappa shape index (κ2) is 9.27. The topological polar surface area (TPSA) is 112 Å². The van der Waals surface area contributed by atoms with Gasteiger partial charge in [-0.15, -0.1) is 0 Å². The number of piperidine rings is 1. The molecule has 1 aromatic carbocycles. The van der Waals surface area contributed by atoms with Crippen molar-refractivity contribution in [3.05, 3.63) is 59.9 Å². The van der Waals surface area contributed by atoms with Crippen LogP contribution >= 0.6 is 0 Å². The SMILES string of the molecule is CC(=O)c1cccc(NC(=O)CN2C(=O)N(Cc3cccnc3)C(=O)C3NCCCC32)c1. The summed E-state index contributed by atoms with van der Waals surface area (Å²) in [7, 11) is 0. The number of aromatic nitrogens is 1. The summed E-state index contributed by atoms with van der Waals surface area (Å²) < 4.78 is 0. The molecule has 2 atom stereocenters. The molecule has 166 valence electrons. The number of pyridine rings is 1. The van der Waals surface area contributed by atoms with Gasteiger partial charge in [0.05, 0.1) is 12.6 Å². The van der Waals surface area contributed by atoms with Crippen LogP contribution in [0, 0.1) is 0 Å². The number of Topliss-reactive ketones (excluding diaryl/α,β-unsaturated/α-hetero) is 1. The van der Waals surface area contributed by atoms with Crippen LogP contribution < -0.4 is 10.6 Å². The van der Waals surface area contributed by atoms with Gasteiger partial charge in [0, 0.05) is 23.6 Å². The zero-order valence-corrected chi connectivity index (χ0v) is 17.8. The predicted molar refractivity (Wildman–Crippen MR) is 117 cm³/mol. The first kappa shape index (κ1) is 21.6. The lowest BCUT2D eigenvalue weighted by Gasteiger charge is -2.46. The van der Waals surface area contributed by atoms with Crippen molar-refractivity contribution in [3.8, 4) is 0 Å². The van der Waals surface area contributed by atoms with Crippen LogP contribution in [0.15, 0.2) is 48.8 Å². The smallest absolute Gasteiger partial charge is 0.325 e. The van der Waals surface area contributed by atoms with Gasteiger partial charge in [-0.1, -0.05) is 18.2 Å². The first-order valence-corrected chi connectivity index (χ1v) is 10.6. The van der Waals surface area contributed by atoms with E-state index in [-0.39, 0.29) is 36.7 Å². The number of rotatable bonds is 6. The standard InChI is InChI=1S/C23H25N5O4/c1-15(29)17-6-2-7-18(11-17)26-20(30)14-27-19-8-4-10-25-21(19)22(31)28(23(27)32)13-16-5-3-9-24-12-16/h2-3,5-7,9,11-12,19,21,25H,4,8,10,13-14H2,1H3,(H,26,30). The van der Waals surface area contributed by atoms with E-state index in [4.69, 9.17) is 0 Å². The molecule has 32 heavy (non-hydrogen) atoms. The van der Waals surface area contributed by atoms with Crippen LogP contribution in [0.3, 0.4) is 0 Å². The first-order chi connectivity index (χ1) is 15.4. The summed E-state index contributed by atoms with van der Waals surface area (Å²) >= 11 is 0. The summed E-state index contributed by atoms with van der Waals surface area (Å²) in [6, 6.07) is 8.77. The van der Waals surface area contributed by atoms with Crippen molar-refractivity contribution in [1.82, 2.24) is 20.1 Å². The Morgan fingerprint density at radius 2 is 2.06 bits per heavy atom. The zero-order valence-electron chi connectivity index (χ0n) is 17.8. The molecule has 2 saturated heterocycles. The van der Waals surface area contributed by atoms with Crippen LogP contribution in [0.25, 0.3) is 0 Å². The molecule has 2 N–H and O–H groups in total. The fourth-order valence-corrected chi connectivity index (χ4v) is 4.19. The highest BCUT2D eigenvalue weighted by molar-refractivity contribution is 6.03. The highest BCUT2D eigenvalue weighted by Gasteiger charge is 2.47. The number of amides is 4. The van der Waals surface area contributed by atoms with E-state index in [0.717, 1.165) is 12.0 Å². The fourth-order valence-electron chi connectivity index (χ4n) is 4.19. The van der Waals surface area contributed by atoms with Crippen LogP contribution in [0.5, 0.6) is 0 Å². The molecule has 2 aromatic rings. The van der Waals surface area contributed by atoms with E-state index >= 15 is 0 Å². The number of nitrogens with one attached hydrogen (secondary N) is 2. The minimum atomic E-state index is -0.549. The Morgan fingerprint density at radius 1 is 1.22 bits per heavy atom. The van der Waals surface area contributed by atoms with Crippen LogP contribution in [0.4, 0.5) is 10.5 Å². The largest absolute Gasteiger partial charge is 0.327 e. The molecule has 0 bridgehead atoms. The molecule has 9 heteroatoms. The minimum Gasteiger partial charge on any atom is -0.325 e. The molecule has 3 heterocycles. The number of carbonyl (C=O) groups excluding carboxylic acids is 4. The average Bonchev–Trinajstić information content (AvgIpc) is 2.80. The molecule has 1 aromatic heterocycles. The van der Waals surface area contributed by atoms with Crippen LogP contribution in [0.2, 0.25) is 0 Å². The van der Waals surface area contributed by atoms with E-state index in [2.05, 4.69) is 15.6 Å². The first-order valence-electron chi connectivity index (χ1n) is 10.6. The summed E-state index contributed by atoms with van der Waals surface area (Å²) in [5, 5.41) is 5.97. The predicted octanol–water partition coefficient (Wildman–Crippen LogP) is 1.81. The van der Waals surface area contributed by atoms with Gasteiger partial charge in [-0.05, 0) is 50.1 Å². The van der Waals surface area contributed by atoms with Gasteiger partial charge in [0.1, 0.15) is 12.6 Å². The summed E-state index contributed by atoms with van der Waals surface area (Å²) in [4.78, 5) is 57.5. The molecule has 2 fully saturated rings. The molecule has 2 aliphatic heterocycles. The van der Waals surface area contributed by atoms with E-state index in [0.29, 0.717) is 24.2 Å². The number of nitrogens with zero attached hydrogens (tertiary/aromatic N) is 3. The second-order valence-corrected chi connectivity index (χ2v) is 8.02. The Balaban J connectivity index is 1.53. The Kier molecular flexibility index (Phi) is 6.27. The molecule has 0 radical (unpaired) electrons. The number of urea groups is 1. The Bertz CT molecular complexity index is 1040. The van der Waals surface area contributed by atoms with Gasteiger partial charge in [-0.3, -0.25) is 24.3 Å². The van der Waals surface area contributed by atoms with Gasteiger partial charge >= 0.3 is 6.03 Å². The maximum atomic E-state index is 13.3. The van der Waals surface area contributed by atoms with Gasteiger partial charge in [0.15, 0.2) is 5.78 Å². The number of fused-ring (bicyclic) bond motifs is 1. The van der Waals surface area contributed by atoms with Gasteiger partial charge < -0.3 is 15.5 Å². The van der Waals surface area contributed by atoms with E-state index in [9.17, 15) is 19.2 Å². The van der Waals surface area contributed by atoms with Crippen molar-refractivity contribution in [2.45, 2.75) is 38.4 Å². The highest BCUT2D eigenvalue weighted by Crippen LogP contribution is 2.26. The third kappa shape index (κ3) is 4.52. The molecule has 2 aliphatic rings. The van der Waals surface area contributed by atoms with Gasteiger partial charge in [-0.25, -0.2) is 4.79 Å². The van der Waals surface area contributed by atoms with Gasteiger partial charge in [0.25, 0.3) is 0 Å². The van der Waals surface area contributed by atoms with E-state index < -0.39 is 12.1 Å². The lowest BCUT2D eigenvalue weighted by Crippen LogP contribution is -2.70. The van der Waals surface area contributed by atoms with E-state index in [1.807, 2.05) is 0 Å². The third-order valence-electron chi connectivity index (χ3n) is 5.76. The number of hydrogen-bond acceptors (Lipinski definition) is 6.